The Morgan fingerprint density at radius 1 is 1.12 bits per heavy atom. The highest BCUT2D eigenvalue weighted by Crippen LogP contribution is 2.32. The first-order chi connectivity index (χ1) is 19.8. The number of nitrogens with one attached hydrogen (secondary N) is 2. The maximum absolute atomic E-state index is 13.6. The van der Waals surface area contributed by atoms with Gasteiger partial charge in [0.25, 0.3) is 5.91 Å². The molecule has 13 heteroatoms. The van der Waals surface area contributed by atoms with Gasteiger partial charge in [0.1, 0.15) is 6.54 Å². The molecule has 3 aromatic rings. The van der Waals surface area contributed by atoms with Crippen LogP contribution >= 0.6 is 0 Å². The van der Waals surface area contributed by atoms with Crippen LogP contribution in [0.4, 0.5) is 18.9 Å². The standard InChI is InChI=1S/C28H34F3N7O3/c1-36-10-7-23-20(17-36)8-12-40-14-15-41-13-11-37-18-25(34-35-37)27(39)32-9-3-4-21-16-22-24(33-23)5-2-6-26(22)38(21)19-28(29,30)31/h2,5-6,16,18,20,23,33H,7-15,17,19H2,1H3,(H,32,39). The number of hydrogen-bond acceptors (Lipinski definition) is 7. The van der Waals surface area contributed by atoms with Crippen molar-refractivity contribution < 1.29 is 27.4 Å². The van der Waals surface area contributed by atoms with Crippen LogP contribution in [0.2, 0.25) is 0 Å². The third-order valence-electron chi connectivity index (χ3n) is 7.36. The number of rotatable bonds is 1. The zero-order chi connectivity index (χ0) is 28.8. The van der Waals surface area contributed by atoms with Gasteiger partial charge in [-0.3, -0.25) is 4.79 Å². The van der Waals surface area contributed by atoms with Crippen LogP contribution in [0.1, 0.15) is 29.0 Å². The predicted molar refractivity (Wildman–Crippen MR) is 146 cm³/mol. The summed E-state index contributed by atoms with van der Waals surface area (Å²) in [7, 11) is 2.10. The van der Waals surface area contributed by atoms with Gasteiger partial charge in [-0.1, -0.05) is 17.2 Å². The number of piperidine rings is 1. The van der Waals surface area contributed by atoms with Crippen molar-refractivity contribution in [3.8, 4) is 11.8 Å². The second-order valence-corrected chi connectivity index (χ2v) is 10.4. The molecule has 2 atom stereocenters. The topological polar surface area (TPSA) is 98.5 Å². The number of fused-ring (bicyclic) bond motifs is 4. The van der Waals surface area contributed by atoms with Gasteiger partial charge in [0, 0.05) is 30.3 Å². The van der Waals surface area contributed by atoms with Crippen molar-refractivity contribution in [3.63, 3.8) is 0 Å². The number of benzene rings is 1. The molecular formula is C28H34F3N7O3. The molecule has 2 unspecified atom stereocenters. The molecule has 2 aromatic heterocycles. The molecule has 0 saturated carbocycles. The molecule has 4 bridgehead atoms. The average molecular weight is 574 g/mol. The third kappa shape index (κ3) is 7.58. The Morgan fingerprint density at radius 3 is 2.78 bits per heavy atom. The number of likely N-dealkylation sites (tertiary alicyclic amines) is 1. The van der Waals surface area contributed by atoms with Crippen molar-refractivity contribution in [2.24, 2.45) is 5.92 Å². The van der Waals surface area contributed by atoms with Crippen LogP contribution in [-0.4, -0.2) is 95.7 Å². The lowest BCUT2D eigenvalue weighted by Gasteiger charge is -2.38. The van der Waals surface area contributed by atoms with Crippen molar-refractivity contribution in [3.05, 3.63) is 41.9 Å². The lowest BCUT2D eigenvalue weighted by atomic mass is 9.89. The van der Waals surface area contributed by atoms with Crippen molar-refractivity contribution in [2.45, 2.75) is 38.1 Å². The summed E-state index contributed by atoms with van der Waals surface area (Å²) in [5.74, 6) is 5.45. The van der Waals surface area contributed by atoms with Gasteiger partial charge in [-0.2, -0.15) is 13.2 Å². The van der Waals surface area contributed by atoms with E-state index in [0.717, 1.165) is 31.6 Å². The summed E-state index contributed by atoms with van der Waals surface area (Å²) in [6, 6.07) is 7.16. The van der Waals surface area contributed by atoms with Gasteiger partial charge in [0.2, 0.25) is 0 Å². The quantitative estimate of drug-likeness (QED) is 0.432. The number of amides is 1. The number of carbonyl (C=O) groups is 1. The third-order valence-corrected chi connectivity index (χ3v) is 7.36. The van der Waals surface area contributed by atoms with Crippen LogP contribution in [0.5, 0.6) is 0 Å². The second-order valence-electron chi connectivity index (χ2n) is 10.4. The Bertz CT molecular complexity index is 1410. The van der Waals surface area contributed by atoms with Crippen molar-refractivity contribution in [1.82, 2.24) is 29.8 Å². The largest absolute Gasteiger partial charge is 0.406 e. The van der Waals surface area contributed by atoms with Crippen LogP contribution < -0.4 is 10.6 Å². The highest BCUT2D eigenvalue weighted by atomic mass is 19.4. The minimum atomic E-state index is -4.43. The molecule has 220 valence electrons. The molecule has 1 aromatic carbocycles. The Kier molecular flexibility index (Phi) is 9.12. The van der Waals surface area contributed by atoms with Crippen LogP contribution in [0.25, 0.3) is 10.9 Å². The molecule has 1 amide bonds. The Balaban J connectivity index is 1.44. The number of carbonyl (C=O) groups excluding carboxylic acids is 1. The Morgan fingerprint density at radius 2 is 1.95 bits per heavy atom. The first-order valence-corrected chi connectivity index (χ1v) is 13.7. The SMILES string of the molecule is CN1CCC2Nc3cccc4c3cc(n4CC(F)(F)F)C#CCNC(=O)c3cn(nn3)CCOCCOCCC2C1. The van der Waals surface area contributed by atoms with Crippen LogP contribution in [0.15, 0.2) is 30.5 Å². The number of nitrogens with zero attached hydrogens (tertiary/aromatic N) is 5. The fourth-order valence-electron chi connectivity index (χ4n) is 5.34. The molecule has 2 N–H and O–H groups in total. The van der Waals surface area contributed by atoms with Gasteiger partial charge in [-0.15, -0.1) is 5.10 Å². The van der Waals surface area contributed by atoms with Crippen LogP contribution in [0.3, 0.4) is 0 Å². The van der Waals surface area contributed by atoms with E-state index < -0.39 is 18.6 Å². The normalized spacial score (nSPS) is 21.9. The summed E-state index contributed by atoms with van der Waals surface area (Å²) < 4.78 is 55.0. The number of aromatic nitrogens is 4. The minimum absolute atomic E-state index is 0.0648. The summed E-state index contributed by atoms with van der Waals surface area (Å²) >= 11 is 0. The Hall–Kier alpha value is -3.60. The number of hydrogen-bond donors (Lipinski definition) is 2. The molecule has 2 aliphatic heterocycles. The molecule has 5 rings (SSSR count). The van der Waals surface area contributed by atoms with Gasteiger partial charge in [-0.05, 0) is 56.5 Å². The molecule has 41 heavy (non-hydrogen) atoms. The monoisotopic (exact) mass is 573 g/mol. The van der Waals surface area contributed by atoms with Crippen LogP contribution in [0, 0.1) is 17.8 Å². The lowest BCUT2D eigenvalue weighted by Crippen LogP contribution is -2.45. The first kappa shape index (κ1) is 28.9. The number of alkyl halides is 3. The van der Waals surface area contributed by atoms with Crippen molar-refractivity contribution >= 4 is 22.5 Å². The summed E-state index contributed by atoms with van der Waals surface area (Å²) in [5, 5.41) is 14.8. The number of ether oxygens (including phenoxy) is 2. The molecule has 0 aliphatic carbocycles. The highest BCUT2D eigenvalue weighted by molar-refractivity contribution is 5.94. The molecule has 0 radical (unpaired) electrons. The van der Waals surface area contributed by atoms with E-state index in [0.29, 0.717) is 49.8 Å². The van der Waals surface area contributed by atoms with Gasteiger partial charge >= 0.3 is 6.18 Å². The van der Waals surface area contributed by atoms with E-state index in [-0.39, 0.29) is 24.0 Å². The summed E-state index contributed by atoms with van der Waals surface area (Å²) in [6.07, 6.45) is -1.18. The summed E-state index contributed by atoms with van der Waals surface area (Å²) in [6.45, 7) is 2.87. The molecule has 10 nitrogen and oxygen atoms in total. The molecular weight excluding hydrogens is 539 g/mol. The van der Waals surface area contributed by atoms with E-state index in [1.807, 2.05) is 6.07 Å². The maximum atomic E-state index is 13.6. The van der Waals surface area contributed by atoms with E-state index in [9.17, 15) is 18.0 Å². The van der Waals surface area contributed by atoms with Gasteiger partial charge in [-0.25, -0.2) is 4.68 Å². The molecule has 4 heterocycles. The minimum Gasteiger partial charge on any atom is -0.381 e. The van der Waals surface area contributed by atoms with E-state index in [4.69, 9.17) is 9.47 Å². The predicted octanol–water partition coefficient (Wildman–Crippen LogP) is 2.75. The smallest absolute Gasteiger partial charge is 0.381 e. The Labute approximate surface area is 236 Å². The zero-order valence-electron chi connectivity index (χ0n) is 22.9. The lowest BCUT2D eigenvalue weighted by molar-refractivity contribution is -0.140. The van der Waals surface area contributed by atoms with Gasteiger partial charge in [0.05, 0.1) is 50.3 Å². The summed E-state index contributed by atoms with van der Waals surface area (Å²) in [5.41, 5.74) is 1.55. The first-order valence-electron chi connectivity index (χ1n) is 13.7. The second kappa shape index (κ2) is 12.9. The molecule has 1 saturated heterocycles. The number of anilines is 1. The number of halogens is 3. The van der Waals surface area contributed by atoms with Crippen molar-refractivity contribution in [1.29, 1.82) is 0 Å². The van der Waals surface area contributed by atoms with E-state index in [2.05, 4.69) is 44.7 Å². The highest BCUT2D eigenvalue weighted by Gasteiger charge is 2.31. The maximum Gasteiger partial charge on any atom is 0.406 e. The van der Waals surface area contributed by atoms with Gasteiger partial charge < -0.3 is 29.6 Å². The fraction of sp³-hybridized carbons (Fsp3) is 0.536. The van der Waals surface area contributed by atoms with Gasteiger partial charge in [0.15, 0.2) is 5.69 Å². The van der Waals surface area contributed by atoms with Crippen LogP contribution in [-0.2, 0) is 22.6 Å². The molecule has 0 spiro atoms. The van der Waals surface area contributed by atoms with E-state index in [1.54, 1.807) is 18.2 Å². The molecule has 1 fully saturated rings. The zero-order valence-corrected chi connectivity index (χ0v) is 22.9. The van der Waals surface area contributed by atoms with E-state index in [1.165, 1.54) is 15.4 Å². The average Bonchev–Trinajstić information content (AvgIpc) is 3.54. The molecule has 2 aliphatic rings. The van der Waals surface area contributed by atoms with Crippen molar-refractivity contribution in [2.75, 3.05) is 58.4 Å². The fourth-order valence-corrected chi connectivity index (χ4v) is 5.34. The summed E-state index contributed by atoms with van der Waals surface area (Å²) in [4.78, 5) is 14.8. The van der Waals surface area contributed by atoms with E-state index >= 15 is 0 Å².